The molecule has 0 aromatic heterocycles. The van der Waals surface area contributed by atoms with E-state index in [0.29, 0.717) is 11.6 Å². The zero-order chi connectivity index (χ0) is 15.1. The van der Waals surface area contributed by atoms with E-state index in [0.717, 1.165) is 25.7 Å². The van der Waals surface area contributed by atoms with E-state index in [1.165, 1.54) is 58.0 Å². The molecule has 1 spiro atoms. The lowest BCUT2D eigenvalue weighted by atomic mass is 9.81. The molecule has 3 heteroatoms. The van der Waals surface area contributed by atoms with E-state index in [9.17, 15) is 0 Å². The van der Waals surface area contributed by atoms with Gasteiger partial charge in [0.15, 0.2) is 0 Å². The predicted octanol–water partition coefficient (Wildman–Crippen LogP) is 3.44. The summed E-state index contributed by atoms with van der Waals surface area (Å²) in [4.78, 5) is 2.68. The van der Waals surface area contributed by atoms with Gasteiger partial charge in [0.05, 0.1) is 6.61 Å². The Labute approximate surface area is 131 Å². The summed E-state index contributed by atoms with van der Waals surface area (Å²) < 4.78 is 5.85. The molecule has 0 amide bonds. The van der Waals surface area contributed by atoms with Crippen LogP contribution in [0.15, 0.2) is 0 Å². The van der Waals surface area contributed by atoms with Gasteiger partial charge in [-0.05, 0) is 45.1 Å². The van der Waals surface area contributed by atoms with Crippen LogP contribution in [0.5, 0.6) is 0 Å². The van der Waals surface area contributed by atoms with Gasteiger partial charge in [0.1, 0.15) is 0 Å². The van der Waals surface area contributed by atoms with Crippen LogP contribution in [0, 0.1) is 5.92 Å². The largest absolute Gasteiger partial charge is 0.380 e. The van der Waals surface area contributed by atoms with Gasteiger partial charge in [0.25, 0.3) is 0 Å². The van der Waals surface area contributed by atoms with Crippen LogP contribution in [-0.4, -0.2) is 49.3 Å². The molecule has 1 unspecified atom stereocenters. The first-order valence-electron chi connectivity index (χ1n) is 9.18. The molecule has 2 aliphatic rings. The molecule has 1 atom stereocenters. The normalized spacial score (nSPS) is 27.1. The Morgan fingerprint density at radius 2 is 1.95 bits per heavy atom. The van der Waals surface area contributed by atoms with Crippen LogP contribution in [0.3, 0.4) is 0 Å². The number of hydrogen-bond donors (Lipinski definition) is 1. The van der Waals surface area contributed by atoms with E-state index < -0.39 is 0 Å². The second-order valence-corrected chi connectivity index (χ2v) is 7.67. The van der Waals surface area contributed by atoms with Crippen molar-refractivity contribution in [1.29, 1.82) is 0 Å². The van der Waals surface area contributed by atoms with Crippen LogP contribution in [-0.2, 0) is 4.74 Å². The number of hydrogen-bond acceptors (Lipinski definition) is 3. The maximum atomic E-state index is 5.85. The van der Waals surface area contributed by atoms with E-state index in [1.54, 1.807) is 0 Å². The Hall–Kier alpha value is -0.120. The van der Waals surface area contributed by atoms with E-state index in [4.69, 9.17) is 4.74 Å². The first-order chi connectivity index (χ1) is 10.1. The fourth-order valence-electron chi connectivity index (χ4n) is 3.80. The van der Waals surface area contributed by atoms with Crippen LogP contribution < -0.4 is 5.32 Å². The monoisotopic (exact) mass is 296 g/mol. The first-order valence-corrected chi connectivity index (χ1v) is 9.18. The van der Waals surface area contributed by atoms with Crippen LogP contribution in [0.4, 0.5) is 0 Å². The van der Waals surface area contributed by atoms with E-state index in [-0.39, 0.29) is 0 Å². The quantitative estimate of drug-likeness (QED) is 0.760. The summed E-state index contributed by atoms with van der Waals surface area (Å²) in [5.41, 5.74) is 0.404. The van der Waals surface area contributed by atoms with Gasteiger partial charge >= 0.3 is 0 Å². The third kappa shape index (κ3) is 5.54. The van der Waals surface area contributed by atoms with Crippen molar-refractivity contribution in [1.82, 2.24) is 10.2 Å². The average molecular weight is 296 g/mol. The zero-order valence-corrected chi connectivity index (χ0v) is 14.5. The lowest BCUT2D eigenvalue weighted by Gasteiger charge is -2.41. The highest BCUT2D eigenvalue weighted by atomic mass is 16.5. The second-order valence-electron chi connectivity index (χ2n) is 7.67. The summed E-state index contributed by atoms with van der Waals surface area (Å²) in [6, 6.07) is 0.688. The molecule has 2 fully saturated rings. The molecule has 0 aromatic rings. The Morgan fingerprint density at radius 1 is 1.19 bits per heavy atom. The van der Waals surface area contributed by atoms with Gasteiger partial charge in [-0.25, -0.2) is 0 Å². The molecule has 124 valence electrons. The summed E-state index contributed by atoms with van der Waals surface area (Å²) >= 11 is 0. The topological polar surface area (TPSA) is 24.5 Å². The summed E-state index contributed by atoms with van der Waals surface area (Å²) in [5, 5.41) is 3.89. The second kappa shape index (κ2) is 8.50. The fourth-order valence-corrected chi connectivity index (χ4v) is 3.80. The molecule has 21 heavy (non-hydrogen) atoms. The lowest BCUT2D eigenvalue weighted by molar-refractivity contribution is 0.0692. The molecule has 0 radical (unpaired) electrons. The fraction of sp³-hybridized carbons (Fsp3) is 1.00. The Morgan fingerprint density at radius 3 is 2.67 bits per heavy atom. The van der Waals surface area contributed by atoms with Crippen molar-refractivity contribution in [2.75, 3.05) is 32.8 Å². The van der Waals surface area contributed by atoms with Gasteiger partial charge in [-0.15, -0.1) is 0 Å². The molecule has 1 heterocycles. The molecule has 0 bridgehead atoms. The van der Waals surface area contributed by atoms with Gasteiger partial charge in [0, 0.05) is 31.3 Å². The van der Waals surface area contributed by atoms with Gasteiger partial charge in [-0.2, -0.15) is 0 Å². The molecule has 1 aliphatic heterocycles. The van der Waals surface area contributed by atoms with Crippen molar-refractivity contribution < 1.29 is 4.74 Å². The molecule has 1 saturated heterocycles. The predicted molar refractivity (Wildman–Crippen MR) is 89.7 cm³/mol. The van der Waals surface area contributed by atoms with Crippen molar-refractivity contribution in [3.63, 3.8) is 0 Å². The average Bonchev–Trinajstić information content (AvgIpc) is 2.59. The van der Waals surface area contributed by atoms with E-state index in [1.807, 2.05) is 0 Å². The SMILES string of the molecule is CC(C)CCOCCN1CC2(CCCCC2)NCCC1C. The molecular formula is C18H36N2O. The van der Waals surface area contributed by atoms with Gasteiger partial charge in [0.2, 0.25) is 0 Å². The third-order valence-electron chi connectivity index (χ3n) is 5.36. The standard InChI is InChI=1S/C18H36N2O/c1-16(2)8-13-21-14-12-20-15-18(9-5-4-6-10-18)19-11-7-17(20)3/h16-17,19H,4-15H2,1-3H3. The van der Waals surface area contributed by atoms with Crippen LogP contribution in [0.1, 0.15) is 65.7 Å². The highest BCUT2D eigenvalue weighted by molar-refractivity contribution is 4.96. The molecule has 1 N–H and O–H groups in total. The van der Waals surface area contributed by atoms with Crippen LogP contribution in [0.25, 0.3) is 0 Å². The van der Waals surface area contributed by atoms with Gasteiger partial charge < -0.3 is 10.1 Å². The number of nitrogens with zero attached hydrogens (tertiary/aromatic N) is 1. The van der Waals surface area contributed by atoms with Crippen molar-refractivity contribution in [2.45, 2.75) is 77.3 Å². The summed E-state index contributed by atoms with van der Waals surface area (Å²) in [6.07, 6.45) is 9.42. The lowest BCUT2D eigenvalue weighted by Crippen LogP contribution is -2.53. The number of rotatable bonds is 6. The first kappa shape index (κ1) is 17.2. The highest BCUT2D eigenvalue weighted by Crippen LogP contribution is 2.31. The Balaban J connectivity index is 1.78. The minimum Gasteiger partial charge on any atom is -0.380 e. The molecule has 1 saturated carbocycles. The minimum atomic E-state index is 0.404. The highest BCUT2D eigenvalue weighted by Gasteiger charge is 2.36. The van der Waals surface area contributed by atoms with Gasteiger partial charge in [-0.1, -0.05) is 33.1 Å². The number of nitrogens with one attached hydrogen (secondary N) is 1. The van der Waals surface area contributed by atoms with Crippen LogP contribution in [0.2, 0.25) is 0 Å². The molecule has 2 rings (SSSR count). The maximum absolute atomic E-state index is 5.85. The minimum absolute atomic E-state index is 0.404. The molecule has 3 nitrogen and oxygen atoms in total. The van der Waals surface area contributed by atoms with Crippen molar-refractivity contribution in [3.8, 4) is 0 Å². The smallest absolute Gasteiger partial charge is 0.0593 e. The van der Waals surface area contributed by atoms with Crippen molar-refractivity contribution in [2.24, 2.45) is 5.92 Å². The van der Waals surface area contributed by atoms with Gasteiger partial charge in [-0.3, -0.25) is 4.90 Å². The Kier molecular flexibility index (Phi) is 6.97. The molecule has 0 aromatic carbocycles. The summed E-state index contributed by atoms with van der Waals surface area (Å²) in [6.45, 7) is 12.2. The van der Waals surface area contributed by atoms with Crippen molar-refractivity contribution >= 4 is 0 Å². The molecular weight excluding hydrogens is 260 g/mol. The van der Waals surface area contributed by atoms with E-state index >= 15 is 0 Å². The van der Waals surface area contributed by atoms with Crippen molar-refractivity contribution in [3.05, 3.63) is 0 Å². The van der Waals surface area contributed by atoms with Crippen LogP contribution >= 0.6 is 0 Å². The number of ether oxygens (including phenoxy) is 1. The molecule has 1 aliphatic carbocycles. The van der Waals surface area contributed by atoms with E-state index in [2.05, 4.69) is 31.0 Å². The third-order valence-corrected chi connectivity index (χ3v) is 5.36. The Bertz CT molecular complexity index is 287. The summed E-state index contributed by atoms with van der Waals surface area (Å²) in [5.74, 6) is 0.747. The zero-order valence-electron chi connectivity index (χ0n) is 14.5. The maximum Gasteiger partial charge on any atom is 0.0593 e. The summed E-state index contributed by atoms with van der Waals surface area (Å²) in [7, 11) is 0.